The second-order valence-electron chi connectivity index (χ2n) is 5.67. The monoisotopic (exact) mass is 226 g/mol. The number of nitrogens with one attached hydrogen (secondary N) is 1. The second kappa shape index (κ2) is 7.29. The van der Waals surface area contributed by atoms with Gasteiger partial charge in [-0.1, -0.05) is 20.8 Å². The van der Waals surface area contributed by atoms with Gasteiger partial charge in [0, 0.05) is 12.6 Å². The molecule has 1 aliphatic rings. The predicted octanol–water partition coefficient (Wildman–Crippen LogP) is 2.74. The zero-order chi connectivity index (χ0) is 12.0. The molecule has 2 heteroatoms. The first-order valence-corrected chi connectivity index (χ1v) is 7.09. The van der Waals surface area contributed by atoms with Gasteiger partial charge in [-0.25, -0.2) is 0 Å². The van der Waals surface area contributed by atoms with Crippen LogP contribution in [0.4, 0.5) is 0 Å². The van der Waals surface area contributed by atoms with Crippen molar-refractivity contribution in [2.24, 2.45) is 11.8 Å². The summed E-state index contributed by atoms with van der Waals surface area (Å²) in [7, 11) is 0. The van der Waals surface area contributed by atoms with Gasteiger partial charge in [0.05, 0.1) is 0 Å². The fourth-order valence-corrected chi connectivity index (χ4v) is 2.57. The maximum absolute atomic E-state index is 3.45. The minimum atomic E-state index is 0.731. The molecule has 1 saturated heterocycles. The first-order chi connectivity index (χ1) is 7.65. The molecule has 0 aromatic rings. The summed E-state index contributed by atoms with van der Waals surface area (Å²) in [5.74, 6) is 1.70. The maximum Gasteiger partial charge on any atom is 0.00900 e. The molecule has 1 heterocycles. The van der Waals surface area contributed by atoms with Gasteiger partial charge < -0.3 is 10.2 Å². The van der Waals surface area contributed by atoms with Gasteiger partial charge in [0.1, 0.15) is 0 Å². The highest BCUT2D eigenvalue weighted by Gasteiger charge is 2.21. The van der Waals surface area contributed by atoms with E-state index in [1.165, 1.54) is 45.4 Å². The van der Waals surface area contributed by atoms with Crippen LogP contribution in [0, 0.1) is 11.8 Å². The van der Waals surface area contributed by atoms with Crippen molar-refractivity contribution in [2.45, 2.75) is 53.0 Å². The third-order valence-corrected chi connectivity index (χ3v) is 4.00. The van der Waals surface area contributed by atoms with Crippen molar-refractivity contribution in [1.82, 2.24) is 10.2 Å². The molecule has 0 aliphatic carbocycles. The fraction of sp³-hybridized carbons (Fsp3) is 1.00. The molecular weight excluding hydrogens is 196 g/mol. The van der Waals surface area contributed by atoms with E-state index in [4.69, 9.17) is 0 Å². The number of piperidine rings is 1. The molecule has 1 rings (SSSR count). The zero-order valence-electron chi connectivity index (χ0n) is 11.6. The highest BCUT2D eigenvalue weighted by Crippen LogP contribution is 2.18. The van der Waals surface area contributed by atoms with Gasteiger partial charge in [0.15, 0.2) is 0 Å². The summed E-state index contributed by atoms with van der Waals surface area (Å²) in [5, 5.41) is 3.45. The Hall–Kier alpha value is -0.0800. The lowest BCUT2D eigenvalue weighted by atomic mass is 9.95. The molecule has 1 N–H and O–H groups in total. The van der Waals surface area contributed by atoms with Crippen LogP contribution in [0.2, 0.25) is 0 Å². The Morgan fingerprint density at radius 2 is 1.81 bits per heavy atom. The number of nitrogens with zero attached hydrogens (tertiary/aromatic N) is 1. The molecule has 1 unspecified atom stereocenters. The lowest BCUT2D eigenvalue weighted by Gasteiger charge is -2.35. The summed E-state index contributed by atoms with van der Waals surface area (Å²) in [6.45, 7) is 14.4. The molecule has 0 radical (unpaired) electrons. The molecule has 16 heavy (non-hydrogen) atoms. The van der Waals surface area contributed by atoms with Gasteiger partial charge in [0.25, 0.3) is 0 Å². The minimum Gasteiger partial charge on any atom is -0.317 e. The number of rotatable bonds is 6. The van der Waals surface area contributed by atoms with Gasteiger partial charge in [0.2, 0.25) is 0 Å². The van der Waals surface area contributed by atoms with Gasteiger partial charge in [-0.05, 0) is 57.7 Å². The average Bonchev–Trinajstić information content (AvgIpc) is 2.29. The smallest absolute Gasteiger partial charge is 0.00900 e. The van der Waals surface area contributed by atoms with Crippen molar-refractivity contribution in [1.29, 1.82) is 0 Å². The Kier molecular flexibility index (Phi) is 6.37. The first-order valence-electron chi connectivity index (χ1n) is 7.09. The van der Waals surface area contributed by atoms with E-state index in [0.29, 0.717) is 0 Å². The topological polar surface area (TPSA) is 15.3 Å². The molecule has 0 saturated carbocycles. The van der Waals surface area contributed by atoms with Gasteiger partial charge in [-0.15, -0.1) is 0 Å². The van der Waals surface area contributed by atoms with E-state index in [-0.39, 0.29) is 0 Å². The molecular formula is C14H30N2. The van der Waals surface area contributed by atoms with E-state index in [1.807, 2.05) is 0 Å². The number of hydrogen-bond acceptors (Lipinski definition) is 2. The van der Waals surface area contributed by atoms with E-state index >= 15 is 0 Å². The van der Waals surface area contributed by atoms with Crippen LogP contribution in [0.3, 0.4) is 0 Å². The Bertz CT molecular complexity index is 174. The third kappa shape index (κ3) is 4.42. The van der Waals surface area contributed by atoms with Crippen LogP contribution in [0.15, 0.2) is 0 Å². The van der Waals surface area contributed by atoms with Crippen LogP contribution in [0.1, 0.15) is 47.0 Å². The molecule has 1 fully saturated rings. The summed E-state index contributed by atoms with van der Waals surface area (Å²) in [6, 6.07) is 0.731. The molecule has 0 spiro atoms. The summed E-state index contributed by atoms with van der Waals surface area (Å²) in [5.41, 5.74) is 0. The van der Waals surface area contributed by atoms with E-state index in [9.17, 15) is 0 Å². The summed E-state index contributed by atoms with van der Waals surface area (Å²) in [6.07, 6.45) is 4.01. The van der Waals surface area contributed by atoms with Crippen LogP contribution in [0.25, 0.3) is 0 Å². The molecule has 2 nitrogen and oxygen atoms in total. The van der Waals surface area contributed by atoms with Crippen LogP contribution >= 0.6 is 0 Å². The Morgan fingerprint density at radius 1 is 1.19 bits per heavy atom. The van der Waals surface area contributed by atoms with Crippen molar-refractivity contribution >= 4 is 0 Å². The third-order valence-electron chi connectivity index (χ3n) is 4.00. The molecule has 96 valence electrons. The second-order valence-corrected chi connectivity index (χ2v) is 5.67. The van der Waals surface area contributed by atoms with Crippen molar-refractivity contribution < 1.29 is 0 Å². The largest absolute Gasteiger partial charge is 0.317 e. The van der Waals surface area contributed by atoms with E-state index in [1.54, 1.807) is 0 Å². The van der Waals surface area contributed by atoms with Gasteiger partial charge in [-0.3, -0.25) is 0 Å². The van der Waals surface area contributed by atoms with E-state index in [2.05, 4.69) is 37.9 Å². The Labute approximate surface area is 102 Å². The lowest BCUT2D eigenvalue weighted by Crippen LogP contribution is -2.42. The number of hydrogen-bond donors (Lipinski definition) is 1. The molecule has 0 amide bonds. The zero-order valence-corrected chi connectivity index (χ0v) is 11.6. The molecule has 0 aromatic carbocycles. The van der Waals surface area contributed by atoms with Gasteiger partial charge >= 0.3 is 0 Å². The van der Waals surface area contributed by atoms with Crippen LogP contribution in [-0.2, 0) is 0 Å². The Morgan fingerprint density at radius 3 is 2.31 bits per heavy atom. The molecule has 0 aromatic heterocycles. The molecule has 1 atom stereocenters. The minimum absolute atomic E-state index is 0.731. The predicted molar refractivity (Wildman–Crippen MR) is 71.8 cm³/mol. The highest BCUT2D eigenvalue weighted by molar-refractivity contribution is 4.76. The SMILES string of the molecule is CCCN(CC1CCNCC1)C(C)C(C)C. The summed E-state index contributed by atoms with van der Waals surface area (Å²) in [4.78, 5) is 2.71. The molecule has 1 aliphatic heterocycles. The first kappa shape index (κ1) is 14.0. The van der Waals surface area contributed by atoms with Crippen molar-refractivity contribution in [3.8, 4) is 0 Å². The highest BCUT2D eigenvalue weighted by atomic mass is 15.2. The van der Waals surface area contributed by atoms with Gasteiger partial charge in [-0.2, -0.15) is 0 Å². The van der Waals surface area contributed by atoms with E-state index in [0.717, 1.165) is 17.9 Å². The van der Waals surface area contributed by atoms with Crippen molar-refractivity contribution in [2.75, 3.05) is 26.2 Å². The molecule has 0 bridgehead atoms. The fourth-order valence-electron chi connectivity index (χ4n) is 2.57. The quantitative estimate of drug-likeness (QED) is 0.749. The average molecular weight is 226 g/mol. The maximum atomic E-state index is 3.45. The van der Waals surface area contributed by atoms with Crippen molar-refractivity contribution in [3.05, 3.63) is 0 Å². The lowest BCUT2D eigenvalue weighted by molar-refractivity contribution is 0.131. The summed E-state index contributed by atoms with van der Waals surface area (Å²) >= 11 is 0. The summed E-state index contributed by atoms with van der Waals surface area (Å²) < 4.78 is 0. The van der Waals surface area contributed by atoms with Crippen molar-refractivity contribution in [3.63, 3.8) is 0 Å². The van der Waals surface area contributed by atoms with Crippen LogP contribution < -0.4 is 5.32 Å². The normalized spacial score (nSPS) is 20.6. The standard InChI is InChI=1S/C14H30N2/c1-5-10-16(13(4)12(2)3)11-14-6-8-15-9-7-14/h12-15H,5-11H2,1-4H3. The van der Waals surface area contributed by atoms with Crippen LogP contribution in [0.5, 0.6) is 0 Å². The Balaban J connectivity index is 2.42. The van der Waals surface area contributed by atoms with E-state index < -0.39 is 0 Å². The van der Waals surface area contributed by atoms with Crippen LogP contribution in [-0.4, -0.2) is 37.1 Å².